The van der Waals surface area contributed by atoms with Gasteiger partial charge in [-0.15, -0.1) is 0 Å². The van der Waals surface area contributed by atoms with Gasteiger partial charge in [-0.3, -0.25) is 0 Å². The predicted octanol–water partition coefficient (Wildman–Crippen LogP) is 4.12. The summed E-state index contributed by atoms with van der Waals surface area (Å²) in [6.45, 7) is 3.38. The molecule has 2 aromatic carbocycles. The Kier molecular flexibility index (Phi) is 4.45. The monoisotopic (exact) mass is 292 g/mol. The number of hydrogen-bond donors (Lipinski definition) is 0. The van der Waals surface area contributed by atoms with Crippen molar-refractivity contribution in [2.45, 2.75) is 0 Å². The van der Waals surface area contributed by atoms with Crippen LogP contribution in [0.25, 0.3) is 11.1 Å². The van der Waals surface area contributed by atoms with E-state index in [1.54, 1.807) is 13.3 Å². The van der Waals surface area contributed by atoms with E-state index in [9.17, 15) is 9.13 Å². The first-order chi connectivity index (χ1) is 8.99. The number of hydrogen-bond acceptors (Lipinski definition) is 2. The Bertz CT molecular complexity index is 618. The van der Waals surface area contributed by atoms with Crippen LogP contribution in [-0.4, -0.2) is 19.2 Å². The summed E-state index contributed by atoms with van der Waals surface area (Å²) in [5.74, 6) is 0.322. The Hall–Kier alpha value is -1.10. The lowest BCUT2D eigenvalue weighted by Gasteiger charge is -2.12. The third kappa shape index (κ3) is 3.69. The highest BCUT2D eigenvalue weighted by molar-refractivity contribution is 7.78. The van der Waals surface area contributed by atoms with Gasteiger partial charge in [0.25, 0.3) is 0 Å². The standard InChI is InChI=1S/C15H18O2P2/c1-18(16)12-19(2,17)15-10-8-14(9-11-15)13-6-4-3-5-7-13/h3-11,18H,12H2,1-2H3. The maximum Gasteiger partial charge on any atom is 0.119 e. The second-order valence-corrected chi connectivity index (χ2v) is 10.3. The Morgan fingerprint density at radius 1 is 0.947 bits per heavy atom. The molecule has 0 saturated carbocycles. The van der Waals surface area contributed by atoms with E-state index in [2.05, 4.69) is 0 Å². The number of rotatable bonds is 4. The molecule has 0 aliphatic rings. The van der Waals surface area contributed by atoms with E-state index in [-0.39, 0.29) is 0 Å². The quantitative estimate of drug-likeness (QED) is 0.794. The first kappa shape index (κ1) is 14.3. The molecular weight excluding hydrogens is 274 g/mol. The molecule has 2 atom stereocenters. The molecule has 4 heteroatoms. The fourth-order valence-corrected chi connectivity index (χ4v) is 7.03. The van der Waals surface area contributed by atoms with Gasteiger partial charge >= 0.3 is 0 Å². The van der Waals surface area contributed by atoms with Crippen molar-refractivity contribution in [1.82, 2.24) is 0 Å². The van der Waals surface area contributed by atoms with Crippen molar-refractivity contribution in [2.75, 3.05) is 19.2 Å². The molecule has 0 aromatic heterocycles. The molecule has 2 nitrogen and oxygen atoms in total. The first-order valence-corrected chi connectivity index (χ1v) is 10.7. The van der Waals surface area contributed by atoms with Crippen molar-refractivity contribution in [2.24, 2.45) is 0 Å². The largest absolute Gasteiger partial charge is 0.327 e. The summed E-state index contributed by atoms with van der Waals surface area (Å²) in [6, 6.07) is 17.8. The molecule has 19 heavy (non-hydrogen) atoms. The van der Waals surface area contributed by atoms with Gasteiger partial charge in [0.05, 0.1) is 13.7 Å². The average molecular weight is 292 g/mol. The van der Waals surface area contributed by atoms with Crippen molar-refractivity contribution in [3.8, 4) is 11.1 Å². The molecule has 0 aliphatic heterocycles. The third-order valence-corrected chi connectivity index (χ3v) is 8.63. The smallest absolute Gasteiger partial charge is 0.119 e. The Morgan fingerprint density at radius 2 is 1.47 bits per heavy atom. The Labute approximate surface area is 115 Å². The maximum absolute atomic E-state index is 12.5. The second-order valence-electron chi connectivity index (χ2n) is 4.87. The first-order valence-electron chi connectivity index (χ1n) is 6.21. The minimum Gasteiger partial charge on any atom is -0.327 e. The van der Waals surface area contributed by atoms with Crippen molar-refractivity contribution in [3.63, 3.8) is 0 Å². The second kappa shape index (κ2) is 5.90. The lowest BCUT2D eigenvalue weighted by atomic mass is 10.1. The maximum atomic E-state index is 12.5. The summed E-state index contributed by atoms with van der Waals surface area (Å²) in [7, 11) is -4.19. The van der Waals surface area contributed by atoms with Crippen molar-refractivity contribution >= 4 is 20.2 Å². The van der Waals surface area contributed by atoms with Gasteiger partial charge in [-0.1, -0.05) is 54.6 Å². The van der Waals surface area contributed by atoms with Crippen LogP contribution < -0.4 is 5.30 Å². The molecule has 0 heterocycles. The SMILES string of the molecule is C[PH](=O)CP(C)(=O)c1ccc(-c2ccccc2)cc1. The van der Waals surface area contributed by atoms with E-state index >= 15 is 0 Å². The predicted molar refractivity (Wildman–Crippen MR) is 84.8 cm³/mol. The minimum absolute atomic E-state index is 0.322. The molecule has 0 N–H and O–H groups in total. The van der Waals surface area contributed by atoms with Crippen molar-refractivity contribution < 1.29 is 9.13 Å². The van der Waals surface area contributed by atoms with Gasteiger partial charge in [-0.2, -0.15) is 0 Å². The van der Waals surface area contributed by atoms with Crippen LogP contribution in [0, 0.1) is 0 Å². The zero-order valence-corrected chi connectivity index (χ0v) is 13.1. The van der Waals surface area contributed by atoms with Gasteiger partial charge in [0.15, 0.2) is 0 Å². The summed E-state index contributed by atoms with van der Waals surface area (Å²) in [4.78, 5) is 0. The topological polar surface area (TPSA) is 34.1 Å². The summed E-state index contributed by atoms with van der Waals surface area (Å²) < 4.78 is 23.8. The molecule has 0 spiro atoms. The Balaban J connectivity index is 2.29. The molecule has 2 aromatic rings. The van der Waals surface area contributed by atoms with E-state index in [1.165, 1.54) is 0 Å². The fourth-order valence-electron chi connectivity index (χ4n) is 2.12. The van der Waals surface area contributed by atoms with E-state index in [4.69, 9.17) is 0 Å². The van der Waals surface area contributed by atoms with Gasteiger partial charge in [0.2, 0.25) is 0 Å². The molecular formula is C15H18O2P2. The lowest BCUT2D eigenvalue weighted by Crippen LogP contribution is -2.04. The van der Waals surface area contributed by atoms with Gasteiger partial charge in [0, 0.05) is 5.30 Å². The molecule has 0 fully saturated rings. The van der Waals surface area contributed by atoms with Crippen LogP contribution in [0.15, 0.2) is 54.6 Å². The fraction of sp³-hybridized carbons (Fsp3) is 0.200. The van der Waals surface area contributed by atoms with Crippen LogP contribution in [0.1, 0.15) is 0 Å². The molecule has 0 saturated heterocycles. The molecule has 0 radical (unpaired) electrons. The highest BCUT2D eigenvalue weighted by Gasteiger charge is 2.19. The van der Waals surface area contributed by atoms with Gasteiger partial charge in [-0.25, -0.2) is 0 Å². The highest BCUT2D eigenvalue weighted by atomic mass is 31.2. The van der Waals surface area contributed by atoms with Crippen LogP contribution in [0.2, 0.25) is 0 Å². The molecule has 2 rings (SSSR count). The van der Waals surface area contributed by atoms with Crippen LogP contribution in [0.5, 0.6) is 0 Å². The van der Waals surface area contributed by atoms with Gasteiger partial charge in [-0.05, 0) is 24.5 Å². The van der Waals surface area contributed by atoms with Crippen molar-refractivity contribution in [3.05, 3.63) is 54.6 Å². The third-order valence-electron chi connectivity index (χ3n) is 3.04. The van der Waals surface area contributed by atoms with Gasteiger partial charge in [0.1, 0.15) is 7.14 Å². The van der Waals surface area contributed by atoms with E-state index in [0.717, 1.165) is 16.4 Å². The minimum atomic E-state index is -2.48. The molecule has 0 bridgehead atoms. The van der Waals surface area contributed by atoms with E-state index < -0.39 is 14.9 Å². The van der Waals surface area contributed by atoms with Crippen LogP contribution in [-0.2, 0) is 9.13 Å². The molecule has 0 aliphatic carbocycles. The zero-order valence-electron chi connectivity index (χ0n) is 11.2. The lowest BCUT2D eigenvalue weighted by molar-refractivity contribution is 0.583. The summed E-state index contributed by atoms with van der Waals surface area (Å²) in [5, 5.41) is 0.812. The average Bonchev–Trinajstić information content (AvgIpc) is 2.38. The van der Waals surface area contributed by atoms with Crippen LogP contribution in [0.3, 0.4) is 0 Å². The van der Waals surface area contributed by atoms with Crippen LogP contribution >= 0.6 is 14.9 Å². The van der Waals surface area contributed by atoms with E-state index in [0.29, 0.717) is 5.90 Å². The van der Waals surface area contributed by atoms with Crippen molar-refractivity contribution in [1.29, 1.82) is 0 Å². The number of benzene rings is 2. The normalized spacial score (nSPS) is 15.7. The zero-order chi connectivity index (χ0) is 13.9. The van der Waals surface area contributed by atoms with Gasteiger partial charge < -0.3 is 9.13 Å². The Morgan fingerprint density at radius 3 is 2.00 bits per heavy atom. The summed E-state index contributed by atoms with van der Waals surface area (Å²) in [5.41, 5.74) is 2.25. The highest BCUT2D eigenvalue weighted by Crippen LogP contribution is 2.47. The molecule has 0 amide bonds. The molecule has 100 valence electrons. The molecule has 2 unspecified atom stereocenters. The summed E-state index contributed by atoms with van der Waals surface area (Å²) >= 11 is 0. The summed E-state index contributed by atoms with van der Waals surface area (Å²) in [6.07, 6.45) is 0. The van der Waals surface area contributed by atoms with Crippen LogP contribution in [0.4, 0.5) is 0 Å². The van der Waals surface area contributed by atoms with E-state index in [1.807, 2.05) is 54.6 Å².